The van der Waals surface area contributed by atoms with Crippen molar-refractivity contribution < 1.29 is 14.4 Å². The number of benzene rings is 1. The summed E-state index contributed by atoms with van der Waals surface area (Å²) >= 11 is 1.20. The Labute approximate surface area is 160 Å². The number of aliphatic imine (C=N–C) groups is 1. The fourth-order valence-corrected chi connectivity index (χ4v) is 3.23. The minimum atomic E-state index is -0.949. The molecule has 1 aromatic heterocycles. The number of hydrogen-bond donors (Lipinski definition) is 2. The van der Waals surface area contributed by atoms with Gasteiger partial charge >= 0.3 is 0 Å². The van der Waals surface area contributed by atoms with Crippen molar-refractivity contribution in [1.82, 2.24) is 4.98 Å². The number of anilines is 2. The molecule has 2 heterocycles. The van der Waals surface area contributed by atoms with Crippen molar-refractivity contribution in [3.63, 3.8) is 0 Å². The molecule has 138 valence electrons. The van der Waals surface area contributed by atoms with Crippen LogP contribution in [-0.4, -0.2) is 28.9 Å². The number of amides is 3. The van der Waals surface area contributed by atoms with E-state index in [2.05, 4.69) is 20.6 Å². The van der Waals surface area contributed by atoms with Gasteiger partial charge in [-0.05, 0) is 37.1 Å². The molecule has 3 amide bonds. The number of aromatic nitrogens is 1. The smallest absolute Gasteiger partial charge is 0.262 e. The lowest BCUT2D eigenvalue weighted by molar-refractivity contribution is -0.128. The molecule has 0 saturated carbocycles. The van der Waals surface area contributed by atoms with E-state index in [0.29, 0.717) is 10.8 Å². The van der Waals surface area contributed by atoms with Gasteiger partial charge in [-0.25, -0.2) is 9.98 Å². The summed E-state index contributed by atoms with van der Waals surface area (Å²) in [6.45, 7) is 3.93. The molecule has 1 aliphatic heterocycles. The second-order valence-electron chi connectivity index (χ2n) is 6.08. The Kier molecular flexibility index (Phi) is 5.56. The van der Waals surface area contributed by atoms with Crippen molar-refractivity contribution in [2.75, 3.05) is 10.6 Å². The highest BCUT2D eigenvalue weighted by Gasteiger charge is 2.25. The maximum atomic E-state index is 12.3. The molecule has 0 spiro atoms. The number of allylic oxidation sites excluding steroid dienone is 1. The van der Waals surface area contributed by atoms with E-state index in [9.17, 15) is 14.4 Å². The topological polar surface area (TPSA) is 101 Å². The molecule has 1 aromatic carbocycles. The van der Waals surface area contributed by atoms with Crippen molar-refractivity contribution in [1.29, 1.82) is 0 Å². The Morgan fingerprint density at radius 2 is 2.04 bits per heavy atom. The van der Waals surface area contributed by atoms with E-state index in [0.717, 1.165) is 16.8 Å². The van der Waals surface area contributed by atoms with Crippen LogP contribution in [0.2, 0.25) is 0 Å². The van der Waals surface area contributed by atoms with E-state index in [1.54, 1.807) is 11.5 Å². The Hall–Kier alpha value is -3.13. The quantitative estimate of drug-likeness (QED) is 0.777. The normalized spacial score (nSPS) is 15.6. The van der Waals surface area contributed by atoms with E-state index in [1.807, 2.05) is 32.0 Å². The van der Waals surface area contributed by atoms with E-state index in [-0.39, 0.29) is 12.3 Å². The molecule has 1 atom stereocenters. The first-order valence-corrected chi connectivity index (χ1v) is 9.18. The summed E-state index contributed by atoms with van der Waals surface area (Å²) in [5.74, 6) is -2.14. The van der Waals surface area contributed by atoms with Gasteiger partial charge in [0.2, 0.25) is 11.8 Å². The third-order valence-corrected chi connectivity index (χ3v) is 4.95. The Bertz CT molecular complexity index is 962. The van der Waals surface area contributed by atoms with E-state index in [4.69, 9.17) is 0 Å². The number of thiazole rings is 1. The second kappa shape index (κ2) is 8.05. The number of carbonyl (C=O) groups is 3. The first kappa shape index (κ1) is 18.7. The molecule has 0 fully saturated rings. The van der Waals surface area contributed by atoms with Gasteiger partial charge in [-0.3, -0.25) is 14.4 Å². The van der Waals surface area contributed by atoms with Crippen molar-refractivity contribution in [3.8, 4) is 0 Å². The lowest BCUT2D eigenvalue weighted by Crippen LogP contribution is -2.28. The van der Waals surface area contributed by atoms with E-state index in [1.165, 1.54) is 23.6 Å². The van der Waals surface area contributed by atoms with Crippen molar-refractivity contribution in [2.24, 2.45) is 10.9 Å². The fraction of sp³-hybridized carbons (Fsp3) is 0.211. The largest absolute Gasteiger partial charge is 0.325 e. The number of aryl methyl sites for hydroxylation is 1. The van der Waals surface area contributed by atoms with Crippen LogP contribution in [0, 0.1) is 19.8 Å². The zero-order valence-corrected chi connectivity index (χ0v) is 15.7. The average Bonchev–Trinajstić information content (AvgIpc) is 3.06. The zero-order chi connectivity index (χ0) is 19.4. The van der Waals surface area contributed by atoms with Gasteiger partial charge in [0.1, 0.15) is 5.92 Å². The summed E-state index contributed by atoms with van der Waals surface area (Å²) < 4.78 is 0. The number of nitrogens with zero attached hydrogens (tertiary/aromatic N) is 2. The fourth-order valence-electron chi connectivity index (χ4n) is 2.51. The second-order valence-corrected chi connectivity index (χ2v) is 6.94. The number of rotatable bonds is 5. The highest BCUT2D eigenvalue weighted by atomic mass is 32.1. The predicted molar refractivity (Wildman–Crippen MR) is 105 cm³/mol. The first-order valence-electron chi connectivity index (χ1n) is 8.30. The lowest BCUT2D eigenvalue weighted by Gasteiger charge is -2.10. The predicted octanol–water partition coefficient (Wildman–Crippen LogP) is 2.66. The third-order valence-electron chi connectivity index (χ3n) is 4.14. The molecule has 1 unspecified atom stereocenters. The van der Waals surface area contributed by atoms with Crippen LogP contribution in [0.15, 0.2) is 40.7 Å². The van der Waals surface area contributed by atoms with Crippen LogP contribution in [0.3, 0.4) is 0 Å². The molecule has 7 nitrogen and oxygen atoms in total. The summed E-state index contributed by atoms with van der Waals surface area (Å²) in [6, 6.07) is 5.72. The van der Waals surface area contributed by atoms with Gasteiger partial charge in [0.25, 0.3) is 5.91 Å². The maximum Gasteiger partial charge on any atom is 0.262 e. The molecule has 2 aromatic rings. The average molecular weight is 382 g/mol. The zero-order valence-electron chi connectivity index (χ0n) is 14.9. The summed E-state index contributed by atoms with van der Waals surface area (Å²) in [4.78, 5) is 43.9. The molecule has 0 radical (unpaired) electrons. The van der Waals surface area contributed by atoms with Crippen LogP contribution in [0.25, 0.3) is 0 Å². The van der Waals surface area contributed by atoms with Crippen molar-refractivity contribution in [3.05, 3.63) is 52.6 Å². The maximum absolute atomic E-state index is 12.3. The van der Waals surface area contributed by atoms with E-state index >= 15 is 0 Å². The lowest BCUT2D eigenvalue weighted by atomic mass is 10.1. The Morgan fingerprint density at radius 3 is 2.81 bits per heavy atom. The molecule has 8 heteroatoms. The molecule has 3 rings (SSSR count). The monoisotopic (exact) mass is 382 g/mol. The minimum absolute atomic E-state index is 0.0896. The molecule has 2 N–H and O–H groups in total. The standard InChI is InChI=1S/C19H18N4O3S/c1-11-5-3-7-15(12(11)2)22-16(24)9-13-10-27-19(21-13)23-18(26)14-6-4-8-20-17(14)25/h3-8,10,14H,9H2,1-2H3,(H,22,24)(H,21,23,26). The van der Waals surface area contributed by atoms with Crippen molar-refractivity contribution >= 4 is 46.1 Å². The number of carbonyl (C=O) groups excluding carboxylic acids is 3. The highest BCUT2D eigenvalue weighted by molar-refractivity contribution is 7.14. The van der Waals surface area contributed by atoms with Gasteiger partial charge in [0.05, 0.1) is 12.1 Å². The number of dihydropyridines is 1. The van der Waals surface area contributed by atoms with Gasteiger partial charge in [-0.15, -0.1) is 11.3 Å². The molecule has 0 aliphatic carbocycles. The highest BCUT2D eigenvalue weighted by Crippen LogP contribution is 2.20. The van der Waals surface area contributed by atoms with E-state index < -0.39 is 17.7 Å². The van der Waals surface area contributed by atoms with Gasteiger partial charge in [0, 0.05) is 17.3 Å². The summed E-state index contributed by atoms with van der Waals surface area (Å²) in [5, 5.41) is 7.51. The van der Waals surface area contributed by atoms with Gasteiger partial charge < -0.3 is 10.6 Å². The summed E-state index contributed by atoms with van der Waals surface area (Å²) in [6.07, 6.45) is 4.47. The molecule has 0 bridgehead atoms. The minimum Gasteiger partial charge on any atom is -0.325 e. The number of hydrogen-bond acceptors (Lipinski definition) is 5. The van der Waals surface area contributed by atoms with Gasteiger partial charge in [-0.1, -0.05) is 18.2 Å². The van der Waals surface area contributed by atoms with Crippen LogP contribution >= 0.6 is 11.3 Å². The van der Waals surface area contributed by atoms with Crippen LogP contribution in [0.4, 0.5) is 10.8 Å². The van der Waals surface area contributed by atoms with Crippen LogP contribution in [0.1, 0.15) is 16.8 Å². The van der Waals surface area contributed by atoms with Crippen molar-refractivity contribution in [2.45, 2.75) is 20.3 Å². The summed E-state index contributed by atoms with van der Waals surface area (Å²) in [5.41, 5.74) is 3.43. The molecule has 0 saturated heterocycles. The van der Waals surface area contributed by atoms with Crippen LogP contribution < -0.4 is 10.6 Å². The van der Waals surface area contributed by atoms with Crippen LogP contribution in [0.5, 0.6) is 0 Å². The Balaban J connectivity index is 1.59. The molecular weight excluding hydrogens is 364 g/mol. The summed E-state index contributed by atoms with van der Waals surface area (Å²) in [7, 11) is 0. The third kappa shape index (κ3) is 4.53. The Morgan fingerprint density at radius 1 is 1.22 bits per heavy atom. The number of nitrogens with one attached hydrogen (secondary N) is 2. The molecule has 27 heavy (non-hydrogen) atoms. The SMILES string of the molecule is Cc1cccc(NC(=O)Cc2csc(NC(=O)C3C=CC=NC3=O)n2)c1C. The van der Waals surface area contributed by atoms with Crippen LogP contribution in [-0.2, 0) is 20.8 Å². The van der Waals surface area contributed by atoms with Gasteiger partial charge in [-0.2, -0.15) is 0 Å². The molecular formula is C19H18N4O3S. The van der Waals surface area contributed by atoms with Gasteiger partial charge in [0.15, 0.2) is 5.13 Å². The molecule has 1 aliphatic rings. The first-order chi connectivity index (χ1) is 12.9.